The third kappa shape index (κ3) is 4.12. The van der Waals surface area contributed by atoms with Crippen molar-refractivity contribution < 1.29 is 13.9 Å². The lowest BCUT2D eigenvalue weighted by atomic mass is 10.2. The van der Waals surface area contributed by atoms with Crippen LogP contribution in [0.3, 0.4) is 0 Å². The Morgan fingerprint density at radius 2 is 2.00 bits per heavy atom. The van der Waals surface area contributed by atoms with E-state index in [1.807, 2.05) is 6.26 Å². The van der Waals surface area contributed by atoms with Crippen molar-refractivity contribution in [2.75, 3.05) is 13.4 Å². The van der Waals surface area contributed by atoms with Crippen LogP contribution in [0.1, 0.15) is 15.9 Å². The van der Waals surface area contributed by atoms with Crippen LogP contribution in [0, 0.1) is 5.82 Å². The fourth-order valence-electron chi connectivity index (χ4n) is 1.60. The van der Waals surface area contributed by atoms with Gasteiger partial charge in [-0.25, -0.2) is 19.2 Å². The Hall–Kier alpha value is -1.31. The van der Waals surface area contributed by atoms with Gasteiger partial charge in [0.15, 0.2) is 5.16 Å². The lowest BCUT2D eigenvalue weighted by Gasteiger charge is -2.09. The van der Waals surface area contributed by atoms with Crippen LogP contribution < -0.4 is 0 Å². The van der Waals surface area contributed by atoms with E-state index in [-0.39, 0.29) is 16.5 Å². The molecule has 1 aromatic carbocycles. The van der Waals surface area contributed by atoms with Crippen molar-refractivity contribution in [1.82, 2.24) is 9.97 Å². The summed E-state index contributed by atoms with van der Waals surface area (Å²) >= 11 is 8.71. The number of hydrogen-bond acceptors (Lipinski definition) is 6. The van der Waals surface area contributed by atoms with Crippen molar-refractivity contribution in [3.05, 3.63) is 46.4 Å². The first-order valence-electron chi connectivity index (χ1n) is 6.12. The zero-order valence-electron chi connectivity index (χ0n) is 11.8. The Labute approximate surface area is 140 Å². The van der Waals surface area contributed by atoms with Crippen LogP contribution in [0.25, 0.3) is 0 Å². The van der Waals surface area contributed by atoms with E-state index in [1.165, 1.54) is 42.8 Å². The quantitative estimate of drug-likeness (QED) is 0.347. The summed E-state index contributed by atoms with van der Waals surface area (Å²) in [5, 5.41) is 0.979. The molecule has 0 aliphatic heterocycles. The molecule has 0 radical (unpaired) electrons. The number of ether oxygens (including phenoxy) is 1. The Balaban J connectivity index is 2.29. The largest absolute Gasteiger partial charge is 0.465 e. The lowest BCUT2D eigenvalue weighted by Crippen LogP contribution is -2.08. The number of rotatable bonds is 5. The highest BCUT2D eigenvalue weighted by molar-refractivity contribution is 7.99. The summed E-state index contributed by atoms with van der Waals surface area (Å²) in [4.78, 5) is 20.2. The molecule has 1 heterocycles. The normalized spacial score (nSPS) is 10.5. The minimum atomic E-state index is -0.584. The summed E-state index contributed by atoms with van der Waals surface area (Å²) in [6, 6.07) is 6.13. The smallest absolute Gasteiger partial charge is 0.343 e. The summed E-state index contributed by atoms with van der Waals surface area (Å²) in [6.07, 6.45) is 1.82. The molecule has 1 aromatic heterocycles. The van der Waals surface area contributed by atoms with E-state index >= 15 is 0 Å². The number of benzene rings is 1. The van der Waals surface area contributed by atoms with Crippen molar-refractivity contribution in [3.8, 4) is 0 Å². The van der Waals surface area contributed by atoms with E-state index in [0.29, 0.717) is 15.9 Å². The number of hydrogen-bond donors (Lipinski definition) is 0. The molecule has 0 aliphatic rings. The molecule has 4 nitrogen and oxygen atoms in total. The lowest BCUT2D eigenvalue weighted by molar-refractivity contribution is 0.0595. The third-order valence-electron chi connectivity index (χ3n) is 2.67. The Morgan fingerprint density at radius 1 is 1.32 bits per heavy atom. The van der Waals surface area contributed by atoms with Gasteiger partial charge in [-0.2, -0.15) is 0 Å². The molecule has 2 rings (SSSR count). The summed E-state index contributed by atoms with van der Waals surface area (Å²) in [6.45, 7) is 0. The van der Waals surface area contributed by atoms with E-state index in [9.17, 15) is 9.18 Å². The van der Waals surface area contributed by atoms with Crippen LogP contribution in [0.5, 0.6) is 0 Å². The number of carbonyl (C=O) groups excluding carboxylic acids is 1. The van der Waals surface area contributed by atoms with Gasteiger partial charge < -0.3 is 4.74 Å². The van der Waals surface area contributed by atoms with Gasteiger partial charge in [-0.15, -0.1) is 11.8 Å². The number of halogens is 2. The minimum Gasteiger partial charge on any atom is -0.465 e. The van der Waals surface area contributed by atoms with Crippen LogP contribution in [-0.4, -0.2) is 29.3 Å². The zero-order valence-corrected chi connectivity index (χ0v) is 14.2. The van der Waals surface area contributed by atoms with Crippen LogP contribution in [0.2, 0.25) is 5.15 Å². The third-order valence-corrected chi connectivity index (χ3v) is 4.54. The predicted molar refractivity (Wildman–Crippen MR) is 86.1 cm³/mol. The van der Waals surface area contributed by atoms with Gasteiger partial charge in [-0.1, -0.05) is 35.5 Å². The molecular weight excluding hydrogens is 347 g/mol. The molecule has 8 heteroatoms. The molecule has 0 atom stereocenters. The maximum atomic E-state index is 12.9. The van der Waals surface area contributed by atoms with Crippen molar-refractivity contribution in [1.29, 1.82) is 0 Å². The van der Waals surface area contributed by atoms with E-state index < -0.39 is 5.97 Å². The van der Waals surface area contributed by atoms with Gasteiger partial charge in [0.05, 0.1) is 7.11 Å². The first-order valence-corrected chi connectivity index (χ1v) is 8.71. The monoisotopic (exact) mass is 358 g/mol. The molecule has 0 amide bonds. The highest BCUT2D eigenvalue weighted by atomic mass is 35.5. The van der Waals surface area contributed by atoms with E-state index in [4.69, 9.17) is 16.3 Å². The number of methoxy groups -OCH3 is 1. The maximum absolute atomic E-state index is 12.9. The van der Waals surface area contributed by atoms with Gasteiger partial charge >= 0.3 is 5.97 Å². The Bertz CT molecular complexity index is 683. The van der Waals surface area contributed by atoms with Crippen LogP contribution in [-0.2, 0) is 10.5 Å². The SMILES string of the molecule is COC(=O)c1c(Cl)nc(SC)nc1SCc1ccc(F)cc1. The fourth-order valence-corrected chi connectivity index (χ4v) is 3.34. The highest BCUT2D eigenvalue weighted by Gasteiger charge is 2.21. The van der Waals surface area contributed by atoms with Gasteiger partial charge in [0, 0.05) is 5.75 Å². The Morgan fingerprint density at radius 3 is 2.59 bits per heavy atom. The van der Waals surface area contributed by atoms with Gasteiger partial charge in [0.25, 0.3) is 0 Å². The average Bonchev–Trinajstić information content (AvgIpc) is 2.53. The summed E-state index contributed by atoms with van der Waals surface area (Å²) in [7, 11) is 1.27. The summed E-state index contributed by atoms with van der Waals surface area (Å²) in [5.74, 6) is -0.358. The van der Waals surface area contributed by atoms with Gasteiger partial charge in [-0.3, -0.25) is 0 Å². The van der Waals surface area contributed by atoms with E-state index in [0.717, 1.165) is 5.56 Å². The minimum absolute atomic E-state index is 0.0628. The second-order valence-electron chi connectivity index (χ2n) is 4.09. The molecular formula is C14H12ClFN2O2S2. The number of nitrogens with zero attached hydrogens (tertiary/aromatic N) is 2. The number of carbonyl (C=O) groups is 1. The summed E-state index contributed by atoms with van der Waals surface area (Å²) < 4.78 is 17.6. The number of thioether (sulfide) groups is 2. The van der Waals surface area contributed by atoms with E-state index in [1.54, 1.807) is 12.1 Å². The second kappa shape index (κ2) is 7.80. The second-order valence-corrected chi connectivity index (χ2v) is 6.18. The van der Waals surface area contributed by atoms with Crippen molar-refractivity contribution in [2.45, 2.75) is 15.9 Å². The molecule has 0 bridgehead atoms. The van der Waals surface area contributed by atoms with Gasteiger partial charge in [0.1, 0.15) is 21.6 Å². The van der Waals surface area contributed by atoms with Crippen LogP contribution in [0.4, 0.5) is 4.39 Å². The first-order chi connectivity index (χ1) is 10.5. The molecule has 2 aromatic rings. The first kappa shape index (κ1) is 17.1. The van der Waals surface area contributed by atoms with Crippen molar-refractivity contribution in [2.24, 2.45) is 0 Å². The number of esters is 1. The molecule has 116 valence electrons. The molecule has 0 spiro atoms. The zero-order chi connectivity index (χ0) is 16.1. The molecule has 0 unspecified atom stereocenters. The average molecular weight is 359 g/mol. The maximum Gasteiger partial charge on any atom is 0.343 e. The van der Waals surface area contributed by atoms with Crippen molar-refractivity contribution in [3.63, 3.8) is 0 Å². The van der Waals surface area contributed by atoms with E-state index in [2.05, 4.69) is 9.97 Å². The van der Waals surface area contributed by atoms with Gasteiger partial charge in [0.2, 0.25) is 0 Å². The topological polar surface area (TPSA) is 52.1 Å². The van der Waals surface area contributed by atoms with Crippen LogP contribution in [0.15, 0.2) is 34.4 Å². The molecule has 0 N–H and O–H groups in total. The molecule has 22 heavy (non-hydrogen) atoms. The summed E-state index contributed by atoms with van der Waals surface area (Å²) in [5.41, 5.74) is 1.05. The van der Waals surface area contributed by atoms with Crippen LogP contribution >= 0.6 is 35.1 Å². The standard InChI is InChI=1S/C14H12ClFN2O2S2/c1-20-13(19)10-11(15)17-14(21-2)18-12(10)22-7-8-3-5-9(16)6-4-8/h3-6H,7H2,1-2H3. The molecule has 0 fully saturated rings. The molecule has 0 aliphatic carbocycles. The molecule has 0 saturated heterocycles. The fraction of sp³-hybridized carbons (Fsp3) is 0.214. The van der Waals surface area contributed by atoms with Gasteiger partial charge in [-0.05, 0) is 24.0 Å². The predicted octanol–water partition coefficient (Wildman–Crippen LogP) is 4.07. The Kier molecular flexibility index (Phi) is 6.05. The highest BCUT2D eigenvalue weighted by Crippen LogP contribution is 2.30. The number of aromatic nitrogens is 2. The van der Waals surface area contributed by atoms with Crippen molar-refractivity contribution >= 4 is 41.1 Å². The molecule has 0 saturated carbocycles.